The largest absolute Gasteiger partial charge is 0.427 e. The molecule has 190 valence electrons. The van der Waals surface area contributed by atoms with Gasteiger partial charge in [-0.2, -0.15) is 0 Å². The van der Waals surface area contributed by atoms with Crippen LogP contribution < -0.4 is 0 Å². The normalized spacial score (nSPS) is 28.5. The quantitative estimate of drug-likeness (QED) is 0.362. The lowest BCUT2D eigenvalue weighted by Crippen LogP contribution is -2.82. The number of hydrogen-bond acceptors (Lipinski definition) is 6. The van der Waals surface area contributed by atoms with E-state index in [0.29, 0.717) is 25.9 Å². The van der Waals surface area contributed by atoms with Crippen LogP contribution in [0.15, 0.2) is 78.9 Å². The third-order valence-electron chi connectivity index (χ3n) is 7.77. The highest BCUT2D eigenvalue weighted by Gasteiger charge is 2.76. The molecule has 4 fully saturated rings. The van der Waals surface area contributed by atoms with Crippen molar-refractivity contribution in [2.45, 2.75) is 36.9 Å². The molecule has 37 heavy (non-hydrogen) atoms. The fourth-order valence-electron chi connectivity index (χ4n) is 6.23. The van der Waals surface area contributed by atoms with Gasteiger partial charge in [0.15, 0.2) is 0 Å². The predicted molar refractivity (Wildman–Crippen MR) is 128 cm³/mol. The zero-order valence-corrected chi connectivity index (χ0v) is 19.9. The molecule has 2 atom stereocenters. The first-order valence-electron chi connectivity index (χ1n) is 12.3. The summed E-state index contributed by atoms with van der Waals surface area (Å²) in [6, 6.07) is 22.1. The molecule has 0 amide bonds. The predicted octanol–water partition coefficient (Wildman–Crippen LogP) is 4.53. The van der Waals surface area contributed by atoms with Crippen molar-refractivity contribution in [1.29, 1.82) is 0 Å². The van der Waals surface area contributed by atoms with Crippen LogP contribution in [0.3, 0.4) is 0 Å². The minimum Gasteiger partial charge on any atom is -0.427 e. The maximum atomic E-state index is 14.6. The number of piperidine rings is 3. The number of halogens is 2. The second-order valence-electron chi connectivity index (χ2n) is 9.68. The summed E-state index contributed by atoms with van der Waals surface area (Å²) in [5, 5.41) is 0. The summed E-state index contributed by atoms with van der Waals surface area (Å²) in [6.45, 7) is 0.799. The summed E-state index contributed by atoms with van der Waals surface area (Å²) in [7, 11) is 0. The number of nitrogens with zero attached hydrogens (tertiary/aromatic N) is 1. The Bertz CT molecular complexity index is 1290. The number of hydrogen-bond donors (Lipinski definition) is 0. The Hall–Kier alpha value is -3.62. The Balaban J connectivity index is 1.56. The smallest absolute Gasteiger partial charge is 0.420 e. The van der Waals surface area contributed by atoms with E-state index >= 15 is 0 Å². The molecule has 2 unspecified atom stereocenters. The molecule has 0 aromatic heterocycles. The summed E-state index contributed by atoms with van der Waals surface area (Å²) in [6.07, 6.45) is 1.24. The molecule has 8 heteroatoms. The minimum atomic E-state index is -1.75. The number of benzene rings is 3. The van der Waals surface area contributed by atoms with Gasteiger partial charge in [0.2, 0.25) is 5.72 Å². The highest BCUT2D eigenvalue weighted by atomic mass is 19.1. The molecule has 0 aliphatic carbocycles. The lowest BCUT2D eigenvalue weighted by atomic mass is 9.66. The van der Waals surface area contributed by atoms with Gasteiger partial charge >= 0.3 is 11.9 Å². The number of rotatable bonds is 6. The van der Waals surface area contributed by atoms with E-state index in [1.54, 1.807) is 0 Å². The van der Waals surface area contributed by atoms with E-state index < -0.39 is 41.0 Å². The fourth-order valence-corrected chi connectivity index (χ4v) is 6.23. The zero-order valence-electron chi connectivity index (χ0n) is 19.9. The average Bonchev–Trinajstić information content (AvgIpc) is 2.92. The van der Waals surface area contributed by atoms with Crippen LogP contribution in [0, 0.1) is 17.6 Å². The van der Waals surface area contributed by atoms with Gasteiger partial charge in [0.1, 0.15) is 11.6 Å². The lowest BCUT2D eigenvalue weighted by Gasteiger charge is -2.65. The molecular weight excluding hydrogens is 480 g/mol. The fraction of sp³-hybridized carbons (Fsp3) is 0.310. The number of fused-ring (bicyclic) bond motifs is 2. The maximum Gasteiger partial charge on any atom is 0.420 e. The van der Waals surface area contributed by atoms with Crippen LogP contribution in [0.25, 0.3) is 0 Å². The molecule has 0 spiro atoms. The van der Waals surface area contributed by atoms with E-state index in [0.717, 1.165) is 29.3 Å². The highest BCUT2D eigenvalue weighted by molar-refractivity contribution is 6.30. The maximum absolute atomic E-state index is 14.6. The van der Waals surface area contributed by atoms with Crippen LogP contribution in [0.5, 0.6) is 0 Å². The number of carbonyl (C=O) groups excluding carboxylic acids is 2. The summed E-state index contributed by atoms with van der Waals surface area (Å²) >= 11 is 0. The third-order valence-corrected chi connectivity index (χ3v) is 7.77. The summed E-state index contributed by atoms with van der Waals surface area (Å²) < 4.78 is 47.1. The van der Waals surface area contributed by atoms with E-state index in [9.17, 15) is 18.4 Å². The van der Waals surface area contributed by atoms with E-state index in [1.807, 2.05) is 65.6 Å². The van der Waals surface area contributed by atoms with Crippen LogP contribution in [-0.2, 0) is 30.4 Å². The summed E-state index contributed by atoms with van der Waals surface area (Å²) in [5.74, 6) is -6.22. The van der Waals surface area contributed by atoms with Crippen LogP contribution in [0.1, 0.15) is 35.4 Å². The van der Waals surface area contributed by atoms with Gasteiger partial charge in [-0.1, -0.05) is 60.7 Å². The lowest BCUT2D eigenvalue weighted by molar-refractivity contribution is -0.417. The van der Waals surface area contributed by atoms with E-state index in [4.69, 9.17) is 14.2 Å². The molecular formula is C29H25F2NO5. The van der Waals surface area contributed by atoms with Gasteiger partial charge < -0.3 is 14.2 Å². The Kier molecular flexibility index (Phi) is 5.81. The van der Waals surface area contributed by atoms with Crippen LogP contribution >= 0.6 is 0 Å². The van der Waals surface area contributed by atoms with Gasteiger partial charge in [0, 0.05) is 24.6 Å². The van der Waals surface area contributed by atoms with Crippen molar-refractivity contribution < 1.29 is 32.6 Å². The molecule has 4 saturated heterocycles. The van der Waals surface area contributed by atoms with Gasteiger partial charge in [0.05, 0.1) is 12.5 Å². The molecule has 4 heterocycles. The monoisotopic (exact) mass is 505 g/mol. The first kappa shape index (κ1) is 23.8. The Labute approximate surface area is 212 Å². The number of ether oxygens (including phenoxy) is 3. The number of carbonyl (C=O) groups is 2. The van der Waals surface area contributed by atoms with Crippen LogP contribution in [0.4, 0.5) is 8.78 Å². The summed E-state index contributed by atoms with van der Waals surface area (Å²) in [4.78, 5) is 27.7. The molecule has 0 N–H and O–H groups in total. The van der Waals surface area contributed by atoms with Crippen molar-refractivity contribution in [3.05, 3.63) is 107 Å². The average molecular weight is 506 g/mol. The molecule has 3 aromatic rings. The van der Waals surface area contributed by atoms with Crippen molar-refractivity contribution in [3.8, 4) is 0 Å². The van der Waals surface area contributed by atoms with Gasteiger partial charge in [-0.3, -0.25) is 4.90 Å². The molecule has 2 bridgehead atoms. The van der Waals surface area contributed by atoms with Gasteiger partial charge in [-0.15, -0.1) is 0 Å². The van der Waals surface area contributed by atoms with Crippen molar-refractivity contribution in [1.82, 2.24) is 4.90 Å². The molecule has 0 saturated carbocycles. The second-order valence-corrected chi connectivity index (χ2v) is 9.68. The standard InChI is InChI=1S/C29H25F2NO5/c30-23-11-12-24(31)21(17-23)18-35-29-22-13-15-32(16-14-22)28(29,36-26(33)27(34)37-29)25(19-7-3-1-4-8-19)20-9-5-2-6-10-20/h1-12,17,22,25H,13-16,18H2. The third kappa shape index (κ3) is 3.66. The Morgan fingerprint density at radius 3 is 2.08 bits per heavy atom. The molecule has 0 radical (unpaired) electrons. The molecule has 6 nitrogen and oxygen atoms in total. The Morgan fingerprint density at radius 2 is 1.46 bits per heavy atom. The zero-order chi connectivity index (χ0) is 25.6. The Morgan fingerprint density at radius 1 is 0.865 bits per heavy atom. The minimum absolute atomic E-state index is 0.0244. The second kappa shape index (κ2) is 9.04. The van der Waals surface area contributed by atoms with Gasteiger partial charge in [-0.25, -0.2) is 18.4 Å². The molecule has 3 aromatic carbocycles. The van der Waals surface area contributed by atoms with E-state index in [-0.39, 0.29) is 18.1 Å². The van der Waals surface area contributed by atoms with Gasteiger partial charge in [0.25, 0.3) is 5.79 Å². The van der Waals surface area contributed by atoms with E-state index in [1.165, 1.54) is 0 Å². The first-order chi connectivity index (χ1) is 17.9. The van der Waals surface area contributed by atoms with Crippen LogP contribution in [-0.4, -0.2) is 41.4 Å². The van der Waals surface area contributed by atoms with Crippen molar-refractivity contribution >= 4 is 11.9 Å². The van der Waals surface area contributed by atoms with E-state index in [2.05, 4.69) is 0 Å². The molecule has 4 aliphatic heterocycles. The number of esters is 2. The molecule has 4 aliphatic rings. The van der Waals surface area contributed by atoms with Crippen molar-refractivity contribution in [2.24, 2.45) is 5.92 Å². The van der Waals surface area contributed by atoms with Crippen LogP contribution in [0.2, 0.25) is 0 Å². The van der Waals surface area contributed by atoms with Gasteiger partial charge in [-0.05, 0) is 42.2 Å². The SMILES string of the molecule is O=C1OC2(OCc3cc(F)ccc3F)C3CCN(CC3)C2(C(c2ccccc2)c2ccccc2)OC1=O. The molecule has 7 rings (SSSR count). The van der Waals surface area contributed by atoms with Crippen molar-refractivity contribution in [2.75, 3.05) is 13.1 Å². The topological polar surface area (TPSA) is 65.1 Å². The van der Waals surface area contributed by atoms with Crippen molar-refractivity contribution in [3.63, 3.8) is 0 Å². The highest BCUT2D eigenvalue weighted by Crippen LogP contribution is 2.59. The summed E-state index contributed by atoms with van der Waals surface area (Å²) in [5.41, 5.74) is 0.0727. The first-order valence-corrected chi connectivity index (χ1v) is 12.3.